The number of hydrogen-bond donors (Lipinski definition) is 1. The molecule has 1 aromatic rings. The van der Waals surface area contributed by atoms with Crippen LogP contribution in [0.1, 0.15) is 17.3 Å². The van der Waals surface area contributed by atoms with Crippen molar-refractivity contribution in [1.29, 1.82) is 0 Å². The minimum atomic E-state index is -0.365. The highest BCUT2D eigenvalue weighted by Crippen LogP contribution is 2.06. The van der Waals surface area contributed by atoms with E-state index in [0.717, 1.165) is 0 Å². The average molecular weight is 179 g/mol. The molecule has 0 aliphatic carbocycles. The van der Waals surface area contributed by atoms with Crippen LogP contribution in [0.25, 0.3) is 0 Å². The summed E-state index contributed by atoms with van der Waals surface area (Å²) in [4.78, 5) is 11.4. The highest BCUT2D eigenvalue weighted by molar-refractivity contribution is 6.07. The molecule has 0 bridgehead atoms. The summed E-state index contributed by atoms with van der Waals surface area (Å²) in [5.74, 6) is -0.641. The van der Waals surface area contributed by atoms with Crippen LogP contribution >= 0.6 is 0 Å². The van der Waals surface area contributed by atoms with Crippen LogP contribution in [0.3, 0.4) is 0 Å². The maximum absolute atomic E-state index is 12.5. The standard InChI is InChI=1S/C10H10FNO/c1-2-9(12)10(13)7-3-5-8(11)6-4-7/h2-6H,12H2,1H3/b9-2-. The lowest BCUT2D eigenvalue weighted by molar-refractivity contribution is 0.103. The molecular weight excluding hydrogens is 169 g/mol. The molecular formula is C10H10FNO. The number of ketones is 1. The number of allylic oxidation sites excluding steroid dienone is 2. The van der Waals surface area contributed by atoms with E-state index < -0.39 is 0 Å². The summed E-state index contributed by atoms with van der Waals surface area (Å²) in [7, 11) is 0. The molecule has 0 amide bonds. The molecule has 1 aromatic carbocycles. The normalized spacial score (nSPS) is 11.4. The monoisotopic (exact) mass is 179 g/mol. The van der Waals surface area contributed by atoms with Gasteiger partial charge in [-0.3, -0.25) is 4.79 Å². The van der Waals surface area contributed by atoms with Crippen molar-refractivity contribution in [2.45, 2.75) is 6.92 Å². The Labute approximate surface area is 75.9 Å². The Morgan fingerprint density at radius 2 is 1.92 bits per heavy atom. The number of hydrogen-bond acceptors (Lipinski definition) is 2. The van der Waals surface area contributed by atoms with Gasteiger partial charge in [-0.25, -0.2) is 4.39 Å². The quantitative estimate of drug-likeness (QED) is 0.556. The van der Waals surface area contributed by atoms with Crippen molar-refractivity contribution in [1.82, 2.24) is 0 Å². The molecule has 0 spiro atoms. The summed E-state index contributed by atoms with van der Waals surface area (Å²) in [6.45, 7) is 1.68. The van der Waals surface area contributed by atoms with Crippen LogP contribution in [-0.4, -0.2) is 5.78 Å². The van der Waals surface area contributed by atoms with Gasteiger partial charge in [-0.15, -0.1) is 0 Å². The van der Waals surface area contributed by atoms with E-state index in [4.69, 9.17) is 5.73 Å². The predicted molar refractivity (Wildman–Crippen MR) is 48.7 cm³/mol. The Morgan fingerprint density at radius 1 is 1.38 bits per heavy atom. The third-order valence-corrected chi connectivity index (χ3v) is 1.68. The second kappa shape index (κ2) is 3.85. The molecule has 0 unspecified atom stereocenters. The second-order valence-electron chi connectivity index (χ2n) is 2.58. The average Bonchev–Trinajstić information content (AvgIpc) is 2.17. The molecule has 0 aliphatic heterocycles. The molecule has 0 radical (unpaired) electrons. The maximum Gasteiger partial charge on any atom is 0.208 e. The topological polar surface area (TPSA) is 43.1 Å². The molecule has 0 aliphatic rings. The molecule has 3 heteroatoms. The van der Waals surface area contributed by atoms with Crippen molar-refractivity contribution in [3.05, 3.63) is 47.4 Å². The van der Waals surface area contributed by atoms with Crippen LogP contribution in [0.2, 0.25) is 0 Å². The molecule has 2 N–H and O–H groups in total. The number of carbonyl (C=O) groups is 1. The van der Waals surface area contributed by atoms with Crippen molar-refractivity contribution in [2.75, 3.05) is 0 Å². The summed E-state index contributed by atoms with van der Waals surface area (Å²) in [5.41, 5.74) is 5.98. The Hall–Kier alpha value is -1.64. The van der Waals surface area contributed by atoms with Crippen molar-refractivity contribution in [3.63, 3.8) is 0 Å². The van der Waals surface area contributed by atoms with E-state index in [1.165, 1.54) is 30.3 Å². The summed E-state index contributed by atoms with van der Waals surface area (Å²) < 4.78 is 12.5. The van der Waals surface area contributed by atoms with E-state index in [2.05, 4.69) is 0 Å². The number of Topliss-reactive ketones (excluding diaryl/α,β-unsaturated/α-hetero) is 1. The molecule has 0 heterocycles. The van der Waals surface area contributed by atoms with Gasteiger partial charge in [0.1, 0.15) is 5.82 Å². The Morgan fingerprint density at radius 3 is 2.38 bits per heavy atom. The molecule has 0 aromatic heterocycles. The lowest BCUT2D eigenvalue weighted by atomic mass is 10.1. The third-order valence-electron chi connectivity index (χ3n) is 1.68. The van der Waals surface area contributed by atoms with Gasteiger partial charge in [0.25, 0.3) is 0 Å². The minimum Gasteiger partial charge on any atom is -0.396 e. The number of benzene rings is 1. The van der Waals surface area contributed by atoms with Crippen LogP contribution in [0.4, 0.5) is 4.39 Å². The van der Waals surface area contributed by atoms with Gasteiger partial charge in [-0.2, -0.15) is 0 Å². The van der Waals surface area contributed by atoms with Crippen LogP contribution in [-0.2, 0) is 0 Å². The summed E-state index contributed by atoms with van der Waals surface area (Å²) in [6.07, 6.45) is 1.52. The molecule has 2 nitrogen and oxygen atoms in total. The van der Waals surface area contributed by atoms with E-state index in [0.29, 0.717) is 5.56 Å². The van der Waals surface area contributed by atoms with Crippen molar-refractivity contribution < 1.29 is 9.18 Å². The van der Waals surface area contributed by atoms with Crippen LogP contribution in [0.15, 0.2) is 36.0 Å². The van der Waals surface area contributed by atoms with E-state index in [1.54, 1.807) is 6.92 Å². The lowest BCUT2D eigenvalue weighted by Crippen LogP contribution is -2.10. The zero-order chi connectivity index (χ0) is 9.84. The number of rotatable bonds is 2. The van der Waals surface area contributed by atoms with Gasteiger partial charge >= 0.3 is 0 Å². The van der Waals surface area contributed by atoms with Gasteiger partial charge in [0, 0.05) is 5.56 Å². The summed E-state index contributed by atoms with van der Waals surface area (Å²) in [5, 5.41) is 0. The van der Waals surface area contributed by atoms with Gasteiger partial charge in [-0.1, -0.05) is 6.08 Å². The smallest absolute Gasteiger partial charge is 0.208 e. The predicted octanol–water partition coefficient (Wildman–Crippen LogP) is 1.87. The Kier molecular flexibility index (Phi) is 2.80. The Balaban J connectivity index is 2.97. The van der Waals surface area contributed by atoms with E-state index >= 15 is 0 Å². The Bertz CT molecular complexity index is 340. The fourth-order valence-electron chi connectivity index (χ4n) is 0.899. The summed E-state index contributed by atoms with van der Waals surface area (Å²) >= 11 is 0. The van der Waals surface area contributed by atoms with Gasteiger partial charge in [0.15, 0.2) is 0 Å². The number of nitrogens with two attached hydrogens (primary N) is 1. The van der Waals surface area contributed by atoms with E-state index in [1.807, 2.05) is 0 Å². The molecule has 68 valence electrons. The fraction of sp³-hybridized carbons (Fsp3) is 0.100. The molecule has 0 atom stereocenters. The van der Waals surface area contributed by atoms with Crippen molar-refractivity contribution in [3.8, 4) is 0 Å². The highest BCUT2D eigenvalue weighted by atomic mass is 19.1. The van der Waals surface area contributed by atoms with Crippen LogP contribution in [0, 0.1) is 5.82 Å². The molecule has 13 heavy (non-hydrogen) atoms. The third kappa shape index (κ3) is 2.15. The second-order valence-corrected chi connectivity index (χ2v) is 2.58. The largest absolute Gasteiger partial charge is 0.396 e. The molecule has 0 saturated heterocycles. The lowest BCUT2D eigenvalue weighted by Gasteiger charge is -1.99. The first-order valence-electron chi connectivity index (χ1n) is 3.87. The maximum atomic E-state index is 12.5. The molecule has 0 fully saturated rings. The van der Waals surface area contributed by atoms with Gasteiger partial charge < -0.3 is 5.73 Å². The van der Waals surface area contributed by atoms with Crippen molar-refractivity contribution >= 4 is 5.78 Å². The van der Waals surface area contributed by atoms with E-state index in [-0.39, 0.29) is 17.3 Å². The van der Waals surface area contributed by atoms with Gasteiger partial charge in [-0.05, 0) is 31.2 Å². The first kappa shape index (κ1) is 9.45. The number of carbonyl (C=O) groups excluding carboxylic acids is 1. The molecule has 1 rings (SSSR count). The fourth-order valence-corrected chi connectivity index (χ4v) is 0.899. The van der Waals surface area contributed by atoms with Crippen LogP contribution < -0.4 is 5.73 Å². The first-order chi connectivity index (χ1) is 6.15. The zero-order valence-electron chi connectivity index (χ0n) is 7.25. The SMILES string of the molecule is C/C=C(\N)C(=O)c1ccc(F)cc1. The minimum absolute atomic E-state index is 0.173. The number of halogens is 1. The highest BCUT2D eigenvalue weighted by Gasteiger charge is 2.07. The van der Waals surface area contributed by atoms with E-state index in [9.17, 15) is 9.18 Å². The van der Waals surface area contributed by atoms with Crippen LogP contribution in [0.5, 0.6) is 0 Å². The van der Waals surface area contributed by atoms with Crippen molar-refractivity contribution in [2.24, 2.45) is 5.73 Å². The van der Waals surface area contributed by atoms with Gasteiger partial charge in [0.05, 0.1) is 5.70 Å². The first-order valence-corrected chi connectivity index (χ1v) is 3.87. The summed E-state index contributed by atoms with van der Waals surface area (Å²) in [6, 6.07) is 5.29. The zero-order valence-corrected chi connectivity index (χ0v) is 7.25. The molecule has 0 saturated carbocycles. The van der Waals surface area contributed by atoms with Gasteiger partial charge in [0.2, 0.25) is 5.78 Å².